The predicted octanol–water partition coefficient (Wildman–Crippen LogP) is 5.48. The number of rotatable bonds is 5. The molecule has 2 N–H and O–H groups in total. The lowest BCUT2D eigenvalue weighted by Gasteiger charge is -2.12. The minimum Gasteiger partial charge on any atom is -0.462 e. The van der Waals surface area contributed by atoms with Crippen molar-refractivity contribution < 1.29 is 14.3 Å². The summed E-state index contributed by atoms with van der Waals surface area (Å²) in [6, 6.07) is 14.0. The summed E-state index contributed by atoms with van der Waals surface area (Å²) in [7, 11) is 0. The number of carbonyl (C=O) groups is 2. The van der Waals surface area contributed by atoms with Gasteiger partial charge in [-0.3, -0.25) is 10.1 Å². The number of hydrogen-bond donors (Lipinski definition) is 2. The molecular weight excluding hydrogens is 440 g/mol. The van der Waals surface area contributed by atoms with Gasteiger partial charge in [0.1, 0.15) is 5.00 Å². The molecule has 0 spiro atoms. The molecule has 1 heterocycles. The Hall–Kier alpha value is -3.03. The Bertz CT molecular complexity index is 1210. The van der Waals surface area contributed by atoms with Crippen molar-refractivity contribution in [1.29, 1.82) is 0 Å². The van der Waals surface area contributed by atoms with E-state index in [1.165, 1.54) is 22.3 Å². The molecule has 32 heavy (non-hydrogen) atoms. The van der Waals surface area contributed by atoms with Gasteiger partial charge < -0.3 is 10.1 Å². The van der Waals surface area contributed by atoms with E-state index in [4.69, 9.17) is 17.0 Å². The molecule has 7 heteroatoms. The largest absolute Gasteiger partial charge is 0.462 e. The molecule has 0 saturated carbocycles. The number of amides is 1. The number of nitrogens with one attached hydrogen (secondary N) is 2. The molecule has 0 bridgehead atoms. The van der Waals surface area contributed by atoms with Crippen molar-refractivity contribution >= 4 is 62.4 Å². The van der Waals surface area contributed by atoms with Crippen molar-refractivity contribution in [2.75, 3.05) is 11.9 Å². The first-order valence-corrected chi connectivity index (χ1v) is 11.9. The zero-order valence-electron chi connectivity index (χ0n) is 17.8. The highest BCUT2D eigenvalue weighted by Gasteiger charge is 2.26. The van der Waals surface area contributed by atoms with Crippen LogP contribution in [0.25, 0.3) is 16.8 Å². The maximum Gasteiger partial charge on any atom is 0.341 e. The van der Waals surface area contributed by atoms with E-state index < -0.39 is 0 Å². The maximum atomic E-state index is 12.6. The lowest BCUT2D eigenvalue weighted by atomic mass is 9.95. The minimum atomic E-state index is -0.348. The molecule has 0 unspecified atom stereocenters. The van der Waals surface area contributed by atoms with Gasteiger partial charge in [-0.2, -0.15) is 0 Å². The lowest BCUT2D eigenvalue weighted by Crippen LogP contribution is -2.33. The number of carbonyl (C=O) groups excluding carboxylic acids is 2. The molecule has 0 radical (unpaired) electrons. The van der Waals surface area contributed by atoms with Crippen molar-refractivity contribution in [1.82, 2.24) is 5.32 Å². The number of benzene rings is 2. The molecule has 5 nitrogen and oxygen atoms in total. The molecule has 1 aromatic heterocycles. The Kier molecular flexibility index (Phi) is 6.97. The van der Waals surface area contributed by atoms with Crippen LogP contribution in [-0.4, -0.2) is 23.6 Å². The van der Waals surface area contributed by atoms with Crippen LogP contribution in [0.2, 0.25) is 0 Å². The van der Waals surface area contributed by atoms with Crippen molar-refractivity contribution in [3.05, 3.63) is 70.1 Å². The van der Waals surface area contributed by atoms with Crippen molar-refractivity contribution in [3.63, 3.8) is 0 Å². The molecule has 0 fully saturated rings. The van der Waals surface area contributed by atoms with Crippen LogP contribution in [0.5, 0.6) is 0 Å². The van der Waals surface area contributed by atoms with Gasteiger partial charge in [-0.1, -0.05) is 42.5 Å². The van der Waals surface area contributed by atoms with E-state index in [0.717, 1.165) is 47.6 Å². The van der Waals surface area contributed by atoms with Crippen LogP contribution >= 0.6 is 23.6 Å². The van der Waals surface area contributed by atoms with Gasteiger partial charge in [0.15, 0.2) is 5.11 Å². The summed E-state index contributed by atoms with van der Waals surface area (Å²) in [5, 5.41) is 8.70. The SMILES string of the molecule is CCOC(=O)c1c(NC(=S)NC(=O)C=Cc2cccc3ccccc23)sc2c1CCCC2. The molecule has 1 amide bonds. The Labute approximate surface area is 196 Å². The molecule has 4 rings (SSSR count). The smallest absolute Gasteiger partial charge is 0.341 e. The average Bonchev–Trinajstić information content (AvgIpc) is 3.15. The quantitative estimate of drug-likeness (QED) is 0.297. The summed E-state index contributed by atoms with van der Waals surface area (Å²) in [5.41, 5.74) is 2.55. The number of thiophene rings is 1. The second kappa shape index (κ2) is 10.1. The van der Waals surface area contributed by atoms with Gasteiger partial charge in [-0.05, 0) is 72.8 Å². The van der Waals surface area contributed by atoms with E-state index in [1.54, 1.807) is 13.0 Å². The first kappa shape index (κ1) is 22.2. The highest BCUT2D eigenvalue weighted by molar-refractivity contribution is 7.80. The van der Waals surface area contributed by atoms with Crippen LogP contribution in [0.15, 0.2) is 48.5 Å². The number of esters is 1. The minimum absolute atomic E-state index is 0.154. The monoisotopic (exact) mass is 464 g/mol. The van der Waals surface area contributed by atoms with E-state index in [9.17, 15) is 9.59 Å². The fourth-order valence-electron chi connectivity index (χ4n) is 3.92. The van der Waals surface area contributed by atoms with E-state index in [0.29, 0.717) is 17.2 Å². The number of fused-ring (bicyclic) bond motifs is 2. The van der Waals surface area contributed by atoms with Gasteiger partial charge in [0.05, 0.1) is 12.2 Å². The van der Waals surface area contributed by atoms with Crippen LogP contribution in [0.4, 0.5) is 5.00 Å². The van der Waals surface area contributed by atoms with Gasteiger partial charge in [0, 0.05) is 11.0 Å². The third-order valence-electron chi connectivity index (χ3n) is 5.35. The molecule has 0 atom stereocenters. The van der Waals surface area contributed by atoms with Crippen LogP contribution in [0.3, 0.4) is 0 Å². The fourth-order valence-corrected chi connectivity index (χ4v) is 5.47. The van der Waals surface area contributed by atoms with Gasteiger partial charge in [-0.25, -0.2) is 4.79 Å². The molecule has 0 saturated heterocycles. The number of anilines is 1. The van der Waals surface area contributed by atoms with Crippen LogP contribution in [-0.2, 0) is 22.4 Å². The Morgan fingerprint density at radius 2 is 1.91 bits per heavy atom. The standard InChI is InChI=1S/C25H24N2O3S2/c1-2-30-24(29)22-19-12-5-6-13-20(19)32-23(22)27-25(31)26-21(28)15-14-17-10-7-9-16-8-3-4-11-18(16)17/h3-4,7-11,14-15H,2,5-6,12-13H2,1H3,(H2,26,27,28,31). The molecular formula is C25H24N2O3S2. The molecule has 3 aromatic rings. The summed E-state index contributed by atoms with van der Waals surface area (Å²) in [4.78, 5) is 26.2. The van der Waals surface area contributed by atoms with Gasteiger partial charge in [0.25, 0.3) is 0 Å². The van der Waals surface area contributed by atoms with Crippen LogP contribution in [0.1, 0.15) is 46.1 Å². The van der Waals surface area contributed by atoms with Gasteiger partial charge >= 0.3 is 5.97 Å². The van der Waals surface area contributed by atoms with Crippen molar-refractivity contribution in [2.24, 2.45) is 0 Å². The second-order valence-corrected chi connectivity index (χ2v) is 8.99. The Balaban J connectivity index is 1.47. The lowest BCUT2D eigenvalue weighted by molar-refractivity contribution is -0.115. The normalized spacial score (nSPS) is 13.0. The highest BCUT2D eigenvalue weighted by Crippen LogP contribution is 2.38. The number of aryl methyl sites for hydroxylation is 1. The van der Waals surface area contributed by atoms with E-state index >= 15 is 0 Å². The predicted molar refractivity (Wildman–Crippen MR) is 134 cm³/mol. The summed E-state index contributed by atoms with van der Waals surface area (Å²) in [6.45, 7) is 2.10. The van der Waals surface area contributed by atoms with Crippen molar-refractivity contribution in [2.45, 2.75) is 32.6 Å². The molecule has 1 aliphatic rings. The summed E-state index contributed by atoms with van der Waals surface area (Å²) in [5.74, 6) is -0.686. The molecule has 164 valence electrons. The second-order valence-electron chi connectivity index (χ2n) is 7.48. The third kappa shape index (κ3) is 4.89. The summed E-state index contributed by atoms with van der Waals surface area (Å²) < 4.78 is 5.26. The van der Waals surface area contributed by atoms with Gasteiger partial charge in [-0.15, -0.1) is 11.3 Å². The number of ether oxygens (including phenoxy) is 1. The first-order chi connectivity index (χ1) is 15.6. The third-order valence-corrected chi connectivity index (χ3v) is 6.76. The molecule has 2 aromatic carbocycles. The Morgan fingerprint density at radius 3 is 2.75 bits per heavy atom. The first-order valence-electron chi connectivity index (χ1n) is 10.7. The number of thiocarbonyl (C=S) groups is 1. The maximum absolute atomic E-state index is 12.6. The van der Waals surface area contributed by atoms with Crippen LogP contribution in [0, 0.1) is 0 Å². The molecule has 1 aliphatic carbocycles. The number of hydrogen-bond acceptors (Lipinski definition) is 5. The highest BCUT2D eigenvalue weighted by atomic mass is 32.1. The molecule has 0 aliphatic heterocycles. The topological polar surface area (TPSA) is 67.4 Å². The Morgan fingerprint density at radius 1 is 1.12 bits per heavy atom. The van der Waals surface area contributed by atoms with E-state index in [1.807, 2.05) is 42.5 Å². The zero-order chi connectivity index (χ0) is 22.5. The van der Waals surface area contributed by atoms with E-state index in [-0.39, 0.29) is 17.0 Å². The fraction of sp³-hybridized carbons (Fsp3) is 0.240. The summed E-state index contributed by atoms with van der Waals surface area (Å²) in [6.07, 6.45) is 7.19. The van der Waals surface area contributed by atoms with E-state index in [2.05, 4.69) is 10.6 Å². The summed E-state index contributed by atoms with van der Waals surface area (Å²) >= 11 is 6.86. The zero-order valence-corrected chi connectivity index (χ0v) is 19.4. The van der Waals surface area contributed by atoms with Crippen molar-refractivity contribution in [3.8, 4) is 0 Å². The average molecular weight is 465 g/mol. The van der Waals surface area contributed by atoms with Crippen LogP contribution < -0.4 is 10.6 Å². The van der Waals surface area contributed by atoms with Gasteiger partial charge in [0.2, 0.25) is 5.91 Å².